The lowest BCUT2D eigenvalue weighted by Gasteiger charge is -2.03. The molecular weight excluding hydrogens is 179 g/mol. The zero-order valence-electron chi connectivity index (χ0n) is 6.39. The van der Waals surface area contributed by atoms with Gasteiger partial charge in [-0.15, -0.1) is 0 Å². The van der Waals surface area contributed by atoms with Crippen molar-refractivity contribution in [3.63, 3.8) is 0 Å². The molecule has 0 radical (unpaired) electrons. The maximum atomic E-state index is 12.7. The summed E-state index contributed by atoms with van der Waals surface area (Å²) < 4.78 is 18.1. The van der Waals surface area contributed by atoms with Gasteiger partial charge in [-0.2, -0.15) is 0 Å². The van der Waals surface area contributed by atoms with Gasteiger partial charge in [-0.05, 0) is 25.0 Å². The summed E-state index contributed by atoms with van der Waals surface area (Å²) in [7, 11) is 0. The van der Waals surface area contributed by atoms with Crippen molar-refractivity contribution in [1.29, 1.82) is 0 Å². The van der Waals surface area contributed by atoms with E-state index in [1.165, 1.54) is 12.1 Å². The van der Waals surface area contributed by atoms with Crippen molar-refractivity contribution >= 4 is 11.6 Å². The van der Waals surface area contributed by atoms with Crippen LogP contribution in [-0.2, 0) is 0 Å². The molecule has 0 aromatic heterocycles. The van der Waals surface area contributed by atoms with Crippen LogP contribution in [0.2, 0.25) is 5.02 Å². The number of benzene rings is 1. The van der Waals surface area contributed by atoms with Crippen LogP contribution in [0, 0.1) is 5.82 Å². The Morgan fingerprint density at radius 2 is 2.08 bits per heavy atom. The predicted molar refractivity (Wildman–Crippen MR) is 45.1 cm³/mol. The van der Waals surface area contributed by atoms with Gasteiger partial charge in [0.25, 0.3) is 0 Å². The van der Waals surface area contributed by atoms with Gasteiger partial charge in [-0.25, -0.2) is 4.39 Å². The van der Waals surface area contributed by atoms with Gasteiger partial charge in [-0.1, -0.05) is 11.6 Å². The first-order chi connectivity index (χ1) is 5.74. The lowest BCUT2D eigenvalue weighted by molar-refractivity contribution is 0.301. The lowest BCUT2D eigenvalue weighted by Crippen LogP contribution is -1.95. The SMILES string of the molecule is Fc1cc(Cl)cc(OC2CC2)c1. The first-order valence-electron chi connectivity index (χ1n) is 3.87. The molecule has 12 heavy (non-hydrogen) atoms. The Labute approximate surface area is 75.1 Å². The van der Waals surface area contributed by atoms with Crippen LogP contribution >= 0.6 is 11.6 Å². The molecule has 0 atom stereocenters. The van der Waals surface area contributed by atoms with Crippen LogP contribution in [-0.4, -0.2) is 6.10 Å². The minimum atomic E-state index is -0.349. The van der Waals surface area contributed by atoms with Gasteiger partial charge >= 0.3 is 0 Å². The van der Waals surface area contributed by atoms with E-state index >= 15 is 0 Å². The van der Waals surface area contributed by atoms with Gasteiger partial charge in [0.15, 0.2) is 0 Å². The van der Waals surface area contributed by atoms with Crippen molar-refractivity contribution < 1.29 is 9.13 Å². The average molecular weight is 187 g/mol. The molecule has 3 heteroatoms. The summed E-state index contributed by atoms with van der Waals surface area (Å²) in [6.07, 6.45) is 2.41. The lowest BCUT2D eigenvalue weighted by atomic mass is 10.3. The Morgan fingerprint density at radius 1 is 1.33 bits per heavy atom. The van der Waals surface area contributed by atoms with Crippen LogP contribution in [0.1, 0.15) is 12.8 Å². The number of rotatable bonds is 2. The highest BCUT2D eigenvalue weighted by Gasteiger charge is 2.23. The van der Waals surface area contributed by atoms with Gasteiger partial charge in [0.05, 0.1) is 6.10 Å². The second kappa shape index (κ2) is 2.94. The first kappa shape index (κ1) is 7.87. The maximum absolute atomic E-state index is 12.7. The van der Waals surface area contributed by atoms with Gasteiger partial charge in [0.1, 0.15) is 11.6 Å². The second-order valence-corrected chi connectivity index (χ2v) is 3.36. The molecular formula is C9H8ClFO. The Kier molecular flexibility index (Phi) is 1.93. The standard InChI is InChI=1S/C9H8ClFO/c10-6-3-7(11)5-9(4-6)12-8-1-2-8/h3-5,8H,1-2H2. The third-order valence-electron chi connectivity index (χ3n) is 1.66. The first-order valence-corrected chi connectivity index (χ1v) is 4.24. The van der Waals surface area contributed by atoms with Crippen molar-refractivity contribution in [1.82, 2.24) is 0 Å². The number of hydrogen-bond donors (Lipinski definition) is 0. The Balaban J connectivity index is 2.18. The zero-order valence-corrected chi connectivity index (χ0v) is 7.14. The Morgan fingerprint density at radius 3 is 2.67 bits per heavy atom. The highest BCUT2D eigenvalue weighted by atomic mass is 35.5. The van der Waals surface area contributed by atoms with Gasteiger partial charge in [0, 0.05) is 11.1 Å². The molecule has 0 amide bonds. The Bertz CT molecular complexity index is 276. The van der Waals surface area contributed by atoms with Crippen molar-refractivity contribution in [3.8, 4) is 5.75 Å². The monoisotopic (exact) mass is 186 g/mol. The predicted octanol–water partition coefficient (Wildman–Crippen LogP) is 3.02. The molecule has 1 aromatic carbocycles. The molecule has 0 aliphatic heterocycles. The molecule has 0 bridgehead atoms. The Hall–Kier alpha value is -0.760. The van der Waals surface area contributed by atoms with E-state index in [0.29, 0.717) is 10.8 Å². The summed E-state index contributed by atoms with van der Waals surface area (Å²) in [5.41, 5.74) is 0. The quantitative estimate of drug-likeness (QED) is 0.690. The largest absolute Gasteiger partial charge is 0.490 e. The maximum Gasteiger partial charge on any atom is 0.128 e. The fraction of sp³-hybridized carbons (Fsp3) is 0.333. The molecule has 1 aliphatic rings. The van der Waals surface area contributed by atoms with Crippen molar-refractivity contribution in [2.24, 2.45) is 0 Å². The molecule has 1 nitrogen and oxygen atoms in total. The highest BCUT2D eigenvalue weighted by molar-refractivity contribution is 6.30. The second-order valence-electron chi connectivity index (χ2n) is 2.92. The summed E-state index contributed by atoms with van der Waals surface area (Å²) in [4.78, 5) is 0. The van der Waals surface area contributed by atoms with Crippen LogP contribution < -0.4 is 4.74 Å². The van der Waals surface area contributed by atoms with E-state index in [9.17, 15) is 4.39 Å². The molecule has 0 spiro atoms. The van der Waals surface area contributed by atoms with Crippen LogP contribution in [0.5, 0.6) is 5.75 Å². The minimum absolute atomic E-state index is 0.280. The molecule has 1 aliphatic carbocycles. The molecule has 2 rings (SSSR count). The smallest absolute Gasteiger partial charge is 0.128 e. The van der Waals surface area contributed by atoms with E-state index in [-0.39, 0.29) is 11.9 Å². The summed E-state index contributed by atoms with van der Waals surface area (Å²) in [5, 5.41) is 0.380. The average Bonchev–Trinajstić information content (AvgIpc) is 2.68. The number of ether oxygens (including phenoxy) is 1. The summed E-state index contributed by atoms with van der Waals surface area (Å²) in [6.45, 7) is 0. The van der Waals surface area contributed by atoms with Crippen LogP contribution in [0.15, 0.2) is 18.2 Å². The molecule has 0 heterocycles. The molecule has 1 aromatic rings. The fourth-order valence-electron chi connectivity index (χ4n) is 0.975. The van der Waals surface area contributed by atoms with Crippen molar-refractivity contribution in [2.45, 2.75) is 18.9 Å². The van der Waals surface area contributed by atoms with E-state index in [4.69, 9.17) is 16.3 Å². The third kappa shape index (κ3) is 1.89. The van der Waals surface area contributed by atoms with Gasteiger partial charge in [-0.3, -0.25) is 0 Å². The summed E-state index contributed by atoms with van der Waals surface area (Å²) in [6, 6.07) is 4.24. The zero-order chi connectivity index (χ0) is 8.55. The summed E-state index contributed by atoms with van der Waals surface area (Å²) in [5.74, 6) is 0.181. The topological polar surface area (TPSA) is 9.23 Å². The molecule has 1 saturated carbocycles. The van der Waals surface area contributed by atoms with E-state index in [2.05, 4.69) is 0 Å². The minimum Gasteiger partial charge on any atom is -0.490 e. The van der Waals surface area contributed by atoms with E-state index in [1.54, 1.807) is 6.07 Å². The van der Waals surface area contributed by atoms with E-state index in [0.717, 1.165) is 12.8 Å². The van der Waals surface area contributed by atoms with Crippen LogP contribution in [0.3, 0.4) is 0 Å². The normalized spacial score (nSPS) is 16.2. The third-order valence-corrected chi connectivity index (χ3v) is 1.88. The number of hydrogen-bond acceptors (Lipinski definition) is 1. The molecule has 1 fully saturated rings. The van der Waals surface area contributed by atoms with Crippen molar-refractivity contribution in [2.75, 3.05) is 0 Å². The number of halogens is 2. The molecule has 0 unspecified atom stereocenters. The molecule has 0 N–H and O–H groups in total. The van der Waals surface area contributed by atoms with Gasteiger partial charge in [0.2, 0.25) is 0 Å². The summed E-state index contributed by atoms with van der Waals surface area (Å²) >= 11 is 5.63. The van der Waals surface area contributed by atoms with E-state index in [1.807, 2.05) is 0 Å². The van der Waals surface area contributed by atoms with Crippen LogP contribution in [0.4, 0.5) is 4.39 Å². The van der Waals surface area contributed by atoms with E-state index < -0.39 is 0 Å². The highest BCUT2D eigenvalue weighted by Crippen LogP contribution is 2.28. The molecule has 64 valence electrons. The van der Waals surface area contributed by atoms with Crippen molar-refractivity contribution in [3.05, 3.63) is 29.0 Å². The fourth-order valence-corrected chi connectivity index (χ4v) is 1.19. The van der Waals surface area contributed by atoms with Crippen LogP contribution in [0.25, 0.3) is 0 Å². The molecule has 0 saturated heterocycles. The van der Waals surface area contributed by atoms with Gasteiger partial charge < -0.3 is 4.74 Å².